The van der Waals surface area contributed by atoms with Crippen molar-refractivity contribution in [2.45, 2.75) is 101 Å². The van der Waals surface area contributed by atoms with Gasteiger partial charge in [0.15, 0.2) is 31.5 Å². The number of hydrogen-bond donors (Lipinski definition) is 10. The predicted octanol–water partition coefficient (Wildman–Crippen LogP) is 0.0281. The second-order valence-electron chi connectivity index (χ2n) is 8.70. The molecule has 0 aromatic heterocycles. The second kappa shape index (κ2) is 31.6. The number of methoxy groups -OCH3 is 1. The van der Waals surface area contributed by atoms with Crippen molar-refractivity contribution >= 4 is 0 Å². The maximum atomic E-state index is 8.19. The summed E-state index contributed by atoms with van der Waals surface area (Å²) >= 11 is 0. The van der Waals surface area contributed by atoms with E-state index >= 15 is 0 Å². The molecular formula is C22H56O11. The number of ether oxygens (including phenoxy) is 1. The average molecular weight is 497 g/mol. The van der Waals surface area contributed by atoms with E-state index in [0.29, 0.717) is 0 Å². The lowest BCUT2D eigenvalue weighted by molar-refractivity contribution is -0.0735. The van der Waals surface area contributed by atoms with Crippen molar-refractivity contribution in [3.63, 3.8) is 0 Å². The van der Waals surface area contributed by atoms with Crippen LogP contribution in [0.1, 0.15) is 69.2 Å². The van der Waals surface area contributed by atoms with Crippen molar-refractivity contribution in [1.82, 2.24) is 0 Å². The fraction of sp³-hybridized carbons (Fsp3) is 1.00. The third-order valence-electron chi connectivity index (χ3n) is 2.98. The summed E-state index contributed by atoms with van der Waals surface area (Å²) in [7, 11) is 3.25. The molecule has 0 fully saturated rings. The van der Waals surface area contributed by atoms with Gasteiger partial charge in [-0.25, -0.2) is 0 Å². The van der Waals surface area contributed by atoms with Crippen LogP contribution in [-0.2, 0) is 4.74 Å². The Bertz CT molecular complexity index is 218. The van der Waals surface area contributed by atoms with Crippen LogP contribution in [0.3, 0.4) is 0 Å². The van der Waals surface area contributed by atoms with Gasteiger partial charge in [-0.05, 0) is 0 Å². The molecule has 0 aliphatic rings. The van der Waals surface area contributed by atoms with Gasteiger partial charge in [0.25, 0.3) is 0 Å². The maximum absolute atomic E-state index is 8.19. The van der Waals surface area contributed by atoms with Crippen LogP contribution in [0.15, 0.2) is 0 Å². The van der Waals surface area contributed by atoms with Gasteiger partial charge in [-0.2, -0.15) is 0 Å². The Morgan fingerprint density at radius 1 is 0.303 bits per heavy atom. The van der Waals surface area contributed by atoms with Gasteiger partial charge in [-0.15, -0.1) is 0 Å². The highest BCUT2D eigenvalue weighted by Crippen LogP contribution is 1.95. The summed E-state index contributed by atoms with van der Waals surface area (Å²) in [5.74, 6) is -0.185. The summed E-state index contributed by atoms with van der Waals surface area (Å²) in [6, 6.07) is 0. The number of rotatable bonds is 5. The first-order valence-corrected chi connectivity index (χ1v) is 10.8. The predicted molar refractivity (Wildman–Crippen MR) is 128 cm³/mol. The van der Waals surface area contributed by atoms with Gasteiger partial charge in [-0.1, -0.05) is 69.2 Å². The highest BCUT2D eigenvalue weighted by Gasteiger charge is 2.01. The SMILES string of the molecule is CC(C)C(O)O.CC(C)C(O)O.CC(C)C(O)O.CC(C)C(O)O.CC(C)C(O)O.COC. The van der Waals surface area contributed by atoms with Gasteiger partial charge in [-0.3, -0.25) is 0 Å². The van der Waals surface area contributed by atoms with E-state index in [0.717, 1.165) is 0 Å². The monoisotopic (exact) mass is 496 g/mol. The molecule has 0 aliphatic heterocycles. The molecular weight excluding hydrogens is 440 g/mol. The molecule has 0 radical (unpaired) electrons. The second-order valence-corrected chi connectivity index (χ2v) is 8.70. The molecule has 33 heavy (non-hydrogen) atoms. The van der Waals surface area contributed by atoms with E-state index < -0.39 is 31.5 Å². The zero-order valence-corrected chi connectivity index (χ0v) is 22.7. The molecule has 0 aliphatic carbocycles. The third-order valence-corrected chi connectivity index (χ3v) is 2.98. The summed E-state index contributed by atoms with van der Waals surface area (Å²) in [5.41, 5.74) is 0. The number of hydrogen-bond acceptors (Lipinski definition) is 11. The van der Waals surface area contributed by atoms with E-state index in [9.17, 15) is 0 Å². The molecule has 0 saturated carbocycles. The molecule has 0 spiro atoms. The minimum absolute atomic E-state index is 0.0370. The molecule has 0 unspecified atom stereocenters. The molecule has 0 atom stereocenters. The van der Waals surface area contributed by atoms with Crippen molar-refractivity contribution in [1.29, 1.82) is 0 Å². The molecule has 0 aromatic carbocycles. The Morgan fingerprint density at radius 2 is 0.333 bits per heavy atom. The minimum Gasteiger partial charge on any atom is -0.388 e. The summed E-state index contributed by atoms with van der Waals surface area (Å²) in [6.07, 6.45) is -5.74. The standard InChI is InChI=1S/5C4H10O2.C2H6O/c5*1-3(2)4(5)6;1-3-2/h5*3-6H,1-2H3;1-2H3. The van der Waals surface area contributed by atoms with E-state index in [2.05, 4.69) is 4.74 Å². The lowest BCUT2D eigenvalue weighted by Gasteiger charge is -2.03. The molecule has 0 bridgehead atoms. The molecule has 10 N–H and O–H groups in total. The summed E-state index contributed by atoms with van der Waals surface area (Å²) in [5, 5.41) is 81.9. The van der Waals surface area contributed by atoms with Crippen molar-refractivity contribution in [2.24, 2.45) is 29.6 Å². The highest BCUT2D eigenvalue weighted by atomic mass is 16.5. The van der Waals surface area contributed by atoms with E-state index in [1.807, 2.05) is 0 Å². The smallest absolute Gasteiger partial charge is 0.153 e. The molecule has 0 rings (SSSR count). The van der Waals surface area contributed by atoms with Crippen LogP contribution in [0.4, 0.5) is 0 Å². The van der Waals surface area contributed by atoms with Gasteiger partial charge in [0.1, 0.15) is 0 Å². The average Bonchev–Trinajstić information content (AvgIpc) is 2.63. The van der Waals surface area contributed by atoms with E-state index in [1.54, 1.807) is 83.5 Å². The maximum Gasteiger partial charge on any atom is 0.153 e. The van der Waals surface area contributed by atoms with Crippen LogP contribution in [0.5, 0.6) is 0 Å². The lowest BCUT2D eigenvalue weighted by atomic mass is 10.2. The molecule has 0 saturated heterocycles. The van der Waals surface area contributed by atoms with Crippen LogP contribution in [0.25, 0.3) is 0 Å². The van der Waals surface area contributed by atoms with Gasteiger partial charge < -0.3 is 55.8 Å². The van der Waals surface area contributed by atoms with Crippen LogP contribution in [0, 0.1) is 29.6 Å². The first-order chi connectivity index (χ1) is 14.6. The zero-order valence-electron chi connectivity index (χ0n) is 22.7. The molecule has 0 aromatic rings. The highest BCUT2D eigenvalue weighted by molar-refractivity contribution is 4.42. The van der Waals surface area contributed by atoms with Crippen LogP contribution in [0.2, 0.25) is 0 Å². The van der Waals surface area contributed by atoms with Crippen molar-refractivity contribution in [3.05, 3.63) is 0 Å². The Kier molecular flexibility index (Phi) is 44.0. The van der Waals surface area contributed by atoms with E-state index in [1.165, 1.54) is 0 Å². The first-order valence-electron chi connectivity index (χ1n) is 10.8. The largest absolute Gasteiger partial charge is 0.388 e. The number of aliphatic hydroxyl groups is 10. The summed E-state index contributed by atoms with van der Waals surface area (Å²) in [4.78, 5) is 0. The van der Waals surface area contributed by atoms with Crippen molar-refractivity contribution in [3.8, 4) is 0 Å². The molecule has 0 heterocycles. The van der Waals surface area contributed by atoms with Crippen molar-refractivity contribution < 1.29 is 55.8 Å². The van der Waals surface area contributed by atoms with Gasteiger partial charge >= 0.3 is 0 Å². The fourth-order valence-electron chi connectivity index (χ4n) is 0. The van der Waals surface area contributed by atoms with Gasteiger partial charge in [0.2, 0.25) is 0 Å². The number of aliphatic hydroxyl groups excluding tert-OH is 5. The summed E-state index contributed by atoms with van der Waals surface area (Å²) in [6.45, 7) is 17.4. The molecule has 210 valence electrons. The Balaban J connectivity index is -0.0000000670. The van der Waals surface area contributed by atoms with Crippen molar-refractivity contribution in [2.75, 3.05) is 14.2 Å². The zero-order chi connectivity index (χ0) is 28.5. The third kappa shape index (κ3) is 72.1. The van der Waals surface area contributed by atoms with Crippen LogP contribution >= 0.6 is 0 Å². The normalized spacial score (nSPS) is 10.5. The van der Waals surface area contributed by atoms with E-state index in [4.69, 9.17) is 51.1 Å². The molecule has 0 amide bonds. The molecule has 11 nitrogen and oxygen atoms in total. The van der Waals surface area contributed by atoms with Crippen LogP contribution in [-0.4, -0.2) is 96.7 Å². The van der Waals surface area contributed by atoms with Crippen LogP contribution < -0.4 is 0 Å². The van der Waals surface area contributed by atoms with Gasteiger partial charge in [0, 0.05) is 43.8 Å². The topological polar surface area (TPSA) is 212 Å². The quantitative estimate of drug-likeness (QED) is 0.229. The first kappa shape index (κ1) is 46.0. The Hall–Kier alpha value is -0.440. The fourth-order valence-corrected chi connectivity index (χ4v) is 0. The summed E-state index contributed by atoms with van der Waals surface area (Å²) < 4.78 is 4.25. The Labute approximate surface area is 200 Å². The van der Waals surface area contributed by atoms with E-state index in [-0.39, 0.29) is 29.6 Å². The molecule has 11 heteroatoms. The minimum atomic E-state index is -1.15. The lowest BCUT2D eigenvalue weighted by Crippen LogP contribution is -2.11. The van der Waals surface area contributed by atoms with Gasteiger partial charge in [0.05, 0.1) is 0 Å². The Morgan fingerprint density at radius 3 is 0.333 bits per heavy atom.